The number of nitrogens with zero attached hydrogens (tertiary/aromatic N) is 2. The van der Waals surface area contributed by atoms with Crippen molar-refractivity contribution in [1.82, 2.24) is 14.8 Å². The van der Waals surface area contributed by atoms with Crippen molar-refractivity contribution in [3.63, 3.8) is 0 Å². The van der Waals surface area contributed by atoms with Gasteiger partial charge in [0.15, 0.2) is 0 Å². The molecule has 1 aromatic heterocycles. The van der Waals surface area contributed by atoms with Crippen LogP contribution in [0.15, 0.2) is 97.2 Å². The van der Waals surface area contributed by atoms with Crippen LogP contribution in [0, 0.1) is 6.92 Å². The summed E-state index contributed by atoms with van der Waals surface area (Å²) in [4.78, 5) is 27.6. The van der Waals surface area contributed by atoms with Gasteiger partial charge < -0.3 is 25.3 Å². The Kier molecular flexibility index (Phi) is 8.84. The molecule has 0 unspecified atom stereocenters. The minimum absolute atomic E-state index is 0.0538. The van der Waals surface area contributed by atoms with Gasteiger partial charge in [-0.2, -0.15) is 0 Å². The molecule has 45 heavy (non-hydrogen) atoms. The number of hydrogen-bond donors (Lipinski definition) is 3. The molecular weight excluding hydrogens is 562 g/mol. The predicted octanol–water partition coefficient (Wildman–Crippen LogP) is 8.11. The van der Waals surface area contributed by atoms with Crippen molar-refractivity contribution in [2.45, 2.75) is 46.2 Å². The van der Waals surface area contributed by atoms with Gasteiger partial charge in [-0.15, -0.1) is 0 Å². The smallest absolute Gasteiger partial charge is 0.319 e. The highest BCUT2D eigenvalue weighted by atomic mass is 16.5. The van der Waals surface area contributed by atoms with E-state index in [0.717, 1.165) is 30.9 Å². The van der Waals surface area contributed by atoms with E-state index in [9.17, 15) is 9.59 Å². The van der Waals surface area contributed by atoms with Gasteiger partial charge in [0.2, 0.25) is 0 Å². The third-order valence-corrected chi connectivity index (χ3v) is 7.99. The number of hydrogen-bond acceptors (Lipinski definition) is 4. The average Bonchev–Trinajstić information content (AvgIpc) is 3.67. The maximum atomic E-state index is 13.1. The largest absolute Gasteiger partial charge is 0.457 e. The van der Waals surface area contributed by atoms with Gasteiger partial charge in [0.1, 0.15) is 11.5 Å². The molecule has 6 rings (SSSR count). The molecule has 4 aromatic carbocycles. The number of aromatic nitrogens is 1. The molecule has 1 saturated heterocycles. The normalized spacial score (nSPS) is 13.2. The lowest BCUT2D eigenvalue weighted by Crippen LogP contribution is -2.34. The number of para-hydroxylation sites is 1. The molecule has 0 bridgehead atoms. The third-order valence-electron chi connectivity index (χ3n) is 7.99. The van der Waals surface area contributed by atoms with Crippen LogP contribution in [0.2, 0.25) is 0 Å². The van der Waals surface area contributed by atoms with E-state index >= 15 is 0 Å². The SMILES string of the molecule is Cc1cc(NC(=O)c2ccc(-n3cc(CN4CCCC4)c4ccccc43)cc2)ccc1Oc1ccc(NC(=O)NC(C)C)cc1. The van der Waals surface area contributed by atoms with E-state index in [1.807, 2.05) is 63.2 Å². The van der Waals surface area contributed by atoms with Crippen LogP contribution in [0.5, 0.6) is 11.5 Å². The Morgan fingerprint density at radius 2 is 1.56 bits per heavy atom. The van der Waals surface area contributed by atoms with Crippen LogP contribution in [0.1, 0.15) is 48.2 Å². The van der Waals surface area contributed by atoms with E-state index in [-0.39, 0.29) is 18.0 Å². The lowest BCUT2D eigenvalue weighted by atomic mass is 10.1. The molecule has 3 N–H and O–H groups in total. The molecule has 1 aliphatic rings. The third kappa shape index (κ3) is 7.19. The van der Waals surface area contributed by atoms with Gasteiger partial charge in [-0.05, 0) is 131 Å². The van der Waals surface area contributed by atoms with E-state index in [0.29, 0.717) is 28.4 Å². The van der Waals surface area contributed by atoms with Crippen LogP contribution in [0.4, 0.5) is 16.2 Å². The number of aryl methyl sites for hydroxylation is 1. The van der Waals surface area contributed by atoms with Gasteiger partial charge in [0.05, 0.1) is 5.52 Å². The maximum absolute atomic E-state index is 13.1. The van der Waals surface area contributed by atoms with Gasteiger partial charge >= 0.3 is 6.03 Å². The molecule has 0 atom stereocenters. The van der Waals surface area contributed by atoms with E-state index in [4.69, 9.17) is 4.74 Å². The monoisotopic (exact) mass is 601 g/mol. The zero-order valence-corrected chi connectivity index (χ0v) is 26.0. The van der Waals surface area contributed by atoms with Crippen molar-refractivity contribution < 1.29 is 14.3 Å². The number of amides is 3. The quantitative estimate of drug-likeness (QED) is 0.159. The summed E-state index contributed by atoms with van der Waals surface area (Å²) in [6.07, 6.45) is 4.78. The van der Waals surface area contributed by atoms with E-state index < -0.39 is 0 Å². The highest BCUT2D eigenvalue weighted by Gasteiger charge is 2.17. The number of ether oxygens (including phenoxy) is 1. The van der Waals surface area contributed by atoms with Gasteiger partial charge in [-0.25, -0.2) is 4.79 Å². The predicted molar refractivity (Wildman–Crippen MR) is 181 cm³/mol. The van der Waals surface area contributed by atoms with Crippen molar-refractivity contribution in [3.8, 4) is 17.2 Å². The molecule has 3 amide bonds. The molecule has 1 aliphatic heterocycles. The minimum atomic E-state index is -0.250. The Hall–Kier alpha value is -5.08. The van der Waals surface area contributed by atoms with Crippen LogP contribution >= 0.6 is 0 Å². The van der Waals surface area contributed by atoms with Crippen LogP contribution in [-0.2, 0) is 6.54 Å². The maximum Gasteiger partial charge on any atom is 0.319 e. The number of fused-ring (bicyclic) bond motifs is 1. The summed E-state index contributed by atoms with van der Waals surface area (Å²) in [6, 6.07) is 28.8. The number of rotatable bonds is 9. The molecule has 0 aliphatic carbocycles. The Morgan fingerprint density at radius 3 is 2.27 bits per heavy atom. The van der Waals surface area contributed by atoms with Crippen molar-refractivity contribution in [1.29, 1.82) is 0 Å². The van der Waals surface area contributed by atoms with Crippen LogP contribution < -0.4 is 20.7 Å². The Morgan fingerprint density at radius 1 is 0.844 bits per heavy atom. The highest BCUT2D eigenvalue weighted by molar-refractivity contribution is 6.04. The number of nitrogens with one attached hydrogen (secondary N) is 3. The number of likely N-dealkylation sites (tertiary alicyclic amines) is 1. The number of carbonyl (C=O) groups is 2. The Bertz CT molecular complexity index is 1800. The van der Waals surface area contributed by atoms with E-state index in [1.54, 1.807) is 24.3 Å². The summed E-state index contributed by atoms with van der Waals surface area (Å²) in [5, 5.41) is 9.87. The topological polar surface area (TPSA) is 87.6 Å². The molecule has 8 nitrogen and oxygen atoms in total. The van der Waals surface area contributed by atoms with Gasteiger partial charge in [-0.3, -0.25) is 9.69 Å². The molecule has 2 heterocycles. The first-order chi connectivity index (χ1) is 21.8. The number of anilines is 2. The zero-order chi connectivity index (χ0) is 31.3. The van der Waals surface area contributed by atoms with Gasteiger partial charge in [0.25, 0.3) is 5.91 Å². The summed E-state index contributed by atoms with van der Waals surface area (Å²) >= 11 is 0. The van der Waals surface area contributed by atoms with Crippen molar-refractivity contribution >= 4 is 34.2 Å². The molecular formula is C37H39N5O3. The second-order valence-electron chi connectivity index (χ2n) is 11.9. The lowest BCUT2D eigenvalue weighted by molar-refractivity contribution is 0.102. The number of benzene rings is 4. The summed E-state index contributed by atoms with van der Waals surface area (Å²) in [6.45, 7) is 9.02. The van der Waals surface area contributed by atoms with Crippen molar-refractivity contribution in [2.75, 3.05) is 23.7 Å². The van der Waals surface area contributed by atoms with Gasteiger partial charge in [0, 0.05) is 46.8 Å². The Balaban J connectivity index is 1.09. The first kappa shape index (κ1) is 30.0. The fraction of sp³-hybridized carbons (Fsp3) is 0.243. The fourth-order valence-corrected chi connectivity index (χ4v) is 5.75. The standard InChI is InChI=1S/C37H39N5O3/c1-25(2)38-37(44)40-29-12-17-32(18-13-29)45-35-19-14-30(22-26(35)3)39-36(43)27-10-15-31(16-11-27)42-24-28(23-41-20-6-7-21-41)33-8-4-5-9-34(33)42/h4-5,8-19,22,24-25H,6-7,20-21,23H2,1-3H3,(H,39,43)(H2,38,40,44). The second kappa shape index (κ2) is 13.3. The molecule has 5 aromatic rings. The first-order valence-electron chi connectivity index (χ1n) is 15.5. The average molecular weight is 602 g/mol. The molecule has 1 fully saturated rings. The van der Waals surface area contributed by atoms with Gasteiger partial charge in [-0.1, -0.05) is 18.2 Å². The molecule has 0 spiro atoms. The summed E-state index contributed by atoms with van der Waals surface area (Å²) in [7, 11) is 0. The van der Waals surface area contributed by atoms with E-state index in [2.05, 4.69) is 55.9 Å². The number of urea groups is 1. The molecule has 0 radical (unpaired) electrons. The van der Waals surface area contributed by atoms with Crippen molar-refractivity contribution in [3.05, 3.63) is 114 Å². The van der Waals surface area contributed by atoms with Crippen LogP contribution in [0.25, 0.3) is 16.6 Å². The summed E-state index contributed by atoms with van der Waals surface area (Å²) < 4.78 is 8.28. The fourth-order valence-electron chi connectivity index (χ4n) is 5.75. The lowest BCUT2D eigenvalue weighted by Gasteiger charge is -2.13. The second-order valence-corrected chi connectivity index (χ2v) is 11.9. The highest BCUT2D eigenvalue weighted by Crippen LogP contribution is 2.30. The number of carbonyl (C=O) groups excluding carboxylic acids is 2. The summed E-state index contributed by atoms with van der Waals surface area (Å²) in [5.41, 5.74) is 6.35. The molecule has 230 valence electrons. The van der Waals surface area contributed by atoms with Crippen LogP contribution in [-0.4, -0.2) is 40.5 Å². The summed E-state index contributed by atoms with van der Waals surface area (Å²) in [5.74, 6) is 1.15. The van der Waals surface area contributed by atoms with Crippen molar-refractivity contribution in [2.24, 2.45) is 0 Å². The Labute approximate surface area is 264 Å². The molecule has 8 heteroatoms. The first-order valence-corrected chi connectivity index (χ1v) is 15.5. The molecule has 0 saturated carbocycles. The zero-order valence-electron chi connectivity index (χ0n) is 26.0. The van der Waals surface area contributed by atoms with Crippen LogP contribution in [0.3, 0.4) is 0 Å². The van der Waals surface area contributed by atoms with E-state index in [1.165, 1.54) is 29.3 Å². The minimum Gasteiger partial charge on any atom is -0.457 e.